The predicted molar refractivity (Wildman–Crippen MR) is 123 cm³/mol. The summed E-state index contributed by atoms with van der Waals surface area (Å²) in [7, 11) is -8.42. The molecule has 0 aliphatic heterocycles. The number of hydrogen-bond acceptors (Lipinski definition) is 9. The molecule has 0 aliphatic rings. The van der Waals surface area contributed by atoms with Crippen molar-refractivity contribution in [3.05, 3.63) is 0 Å². The summed E-state index contributed by atoms with van der Waals surface area (Å²) in [4.78, 5) is 0. The van der Waals surface area contributed by atoms with Crippen LogP contribution in [0.2, 0.25) is 0 Å². The molecule has 0 bridgehead atoms. The number of hydrogen-bond donors (Lipinski definition) is 0. The molecule has 0 heterocycles. The highest BCUT2D eigenvalue weighted by molar-refractivity contribution is 7.85. The minimum atomic E-state index is -4.24. The van der Waals surface area contributed by atoms with E-state index in [0.29, 0.717) is 12.5 Å². The van der Waals surface area contributed by atoms with Crippen LogP contribution in [-0.4, -0.2) is 69.2 Å². The molecule has 4 atom stereocenters. The Morgan fingerprint density at radius 2 is 1.28 bits per heavy atom. The van der Waals surface area contributed by atoms with Crippen molar-refractivity contribution in [2.45, 2.75) is 105 Å². The summed E-state index contributed by atoms with van der Waals surface area (Å²) in [5.41, 5.74) is 0. The van der Waals surface area contributed by atoms with Gasteiger partial charge in [-0.25, -0.2) is 16.8 Å². The molecule has 0 spiro atoms. The molecule has 9 nitrogen and oxygen atoms in total. The van der Waals surface area contributed by atoms with E-state index in [-0.39, 0.29) is 24.9 Å². The van der Waals surface area contributed by atoms with Crippen LogP contribution in [0.4, 0.5) is 0 Å². The molecule has 0 N–H and O–H groups in total. The highest BCUT2D eigenvalue weighted by Gasteiger charge is 2.10. The van der Waals surface area contributed by atoms with E-state index in [1.54, 1.807) is 13.8 Å². The maximum Gasteiger partial charge on any atom is 0.137 e. The van der Waals surface area contributed by atoms with Gasteiger partial charge in [-0.2, -0.15) is 0 Å². The van der Waals surface area contributed by atoms with Crippen LogP contribution in [-0.2, 0) is 34.4 Å². The minimum Gasteiger partial charge on any atom is -0.748 e. The maximum absolute atomic E-state index is 10.3. The molecular formula is C21H44O9S2-2. The average Bonchev–Trinajstić information content (AvgIpc) is 2.66. The van der Waals surface area contributed by atoms with Gasteiger partial charge in [0, 0.05) is 0 Å². The van der Waals surface area contributed by atoms with E-state index >= 15 is 0 Å². The van der Waals surface area contributed by atoms with Crippen molar-refractivity contribution in [1.29, 1.82) is 0 Å². The molecule has 32 heavy (non-hydrogen) atoms. The molecule has 0 aromatic carbocycles. The molecule has 0 rings (SSSR count). The number of rotatable bonds is 18. The van der Waals surface area contributed by atoms with Crippen LogP contribution in [0.3, 0.4) is 0 Å². The van der Waals surface area contributed by atoms with Gasteiger partial charge in [-0.3, -0.25) is 0 Å². The van der Waals surface area contributed by atoms with Crippen LogP contribution in [0, 0.1) is 5.92 Å². The van der Waals surface area contributed by atoms with E-state index in [9.17, 15) is 25.9 Å². The van der Waals surface area contributed by atoms with Crippen LogP contribution < -0.4 is 0 Å². The Balaban J connectivity index is 0. The van der Waals surface area contributed by atoms with Gasteiger partial charge in [-0.15, -0.1) is 0 Å². The van der Waals surface area contributed by atoms with E-state index in [1.807, 2.05) is 6.92 Å². The summed E-state index contributed by atoms with van der Waals surface area (Å²) < 4.78 is 77.6. The van der Waals surface area contributed by atoms with Crippen molar-refractivity contribution in [1.82, 2.24) is 0 Å². The Morgan fingerprint density at radius 3 is 1.78 bits per heavy atom. The molecule has 0 aromatic heterocycles. The van der Waals surface area contributed by atoms with E-state index < -0.39 is 31.9 Å². The van der Waals surface area contributed by atoms with Gasteiger partial charge in [0.05, 0.1) is 47.4 Å². The summed E-state index contributed by atoms with van der Waals surface area (Å²) in [6.07, 6.45) is 7.36. The molecule has 0 amide bonds. The van der Waals surface area contributed by atoms with Crippen molar-refractivity contribution in [3.63, 3.8) is 0 Å². The minimum absolute atomic E-state index is 0.0697. The first kappa shape index (κ1) is 33.9. The van der Waals surface area contributed by atoms with Gasteiger partial charge >= 0.3 is 0 Å². The Labute approximate surface area is 196 Å². The Morgan fingerprint density at radius 1 is 0.719 bits per heavy atom. The number of unbranched alkanes of at least 4 members (excludes halogenated alkanes) is 2. The monoisotopic (exact) mass is 504 g/mol. The topological polar surface area (TPSA) is 142 Å². The SMILES string of the molecule is CCCCC(C)CC(C)OCS(=O)(=O)[O-].CCCCC(C)OCC(C)OCCS(=O)(=O)[O-]. The zero-order chi connectivity index (χ0) is 25.2. The van der Waals surface area contributed by atoms with Crippen LogP contribution in [0.5, 0.6) is 0 Å². The predicted octanol–water partition coefficient (Wildman–Crippen LogP) is 3.64. The zero-order valence-electron chi connectivity index (χ0n) is 20.6. The summed E-state index contributed by atoms with van der Waals surface area (Å²) in [5, 5.41) is 0. The molecule has 196 valence electrons. The lowest BCUT2D eigenvalue weighted by Gasteiger charge is -2.18. The van der Waals surface area contributed by atoms with Gasteiger partial charge in [0.15, 0.2) is 0 Å². The molecular weight excluding hydrogens is 460 g/mol. The highest BCUT2D eigenvalue weighted by Crippen LogP contribution is 2.15. The Kier molecular flexibility index (Phi) is 20.2. The summed E-state index contributed by atoms with van der Waals surface area (Å²) >= 11 is 0. The van der Waals surface area contributed by atoms with Gasteiger partial charge < -0.3 is 23.3 Å². The first-order valence-electron chi connectivity index (χ1n) is 11.4. The standard InChI is InChI=1S/C11H24O5S.C10H22O4S/c1-4-5-6-10(2)16-9-11(3)15-7-8-17(12,13)14;1-4-5-6-9(2)7-10(3)14-8-15(11,12)13/h10-11H,4-9H2,1-3H3,(H,12,13,14);9-10H,4-8H2,1-3H3,(H,11,12,13)/p-2. The molecule has 4 unspecified atom stereocenters. The third-order valence-electron chi connectivity index (χ3n) is 4.60. The van der Waals surface area contributed by atoms with Crippen molar-refractivity contribution >= 4 is 20.2 Å². The fourth-order valence-electron chi connectivity index (χ4n) is 2.78. The summed E-state index contributed by atoms with van der Waals surface area (Å²) in [5.74, 6) is -0.688. The molecule has 0 fully saturated rings. The summed E-state index contributed by atoms with van der Waals surface area (Å²) in [6, 6.07) is 0. The lowest BCUT2D eigenvalue weighted by molar-refractivity contribution is -0.0298. The third kappa shape index (κ3) is 27.7. The quantitative estimate of drug-likeness (QED) is 0.256. The first-order valence-corrected chi connectivity index (χ1v) is 14.6. The van der Waals surface area contributed by atoms with E-state index in [2.05, 4.69) is 20.8 Å². The maximum atomic E-state index is 10.3. The molecule has 0 saturated heterocycles. The molecule has 0 aromatic rings. The fourth-order valence-corrected chi connectivity index (χ4v) is 3.48. The van der Waals surface area contributed by atoms with Crippen molar-refractivity contribution in [3.8, 4) is 0 Å². The largest absolute Gasteiger partial charge is 0.748 e. The van der Waals surface area contributed by atoms with Gasteiger partial charge in [0.1, 0.15) is 16.1 Å². The Hall–Kier alpha value is -0.300. The average molecular weight is 505 g/mol. The van der Waals surface area contributed by atoms with Gasteiger partial charge in [-0.05, 0) is 39.5 Å². The van der Waals surface area contributed by atoms with Crippen LogP contribution in [0.1, 0.15) is 86.5 Å². The second-order valence-electron chi connectivity index (χ2n) is 8.37. The third-order valence-corrected chi connectivity index (χ3v) is 5.69. The van der Waals surface area contributed by atoms with Crippen LogP contribution in [0.25, 0.3) is 0 Å². The molecule has 0 saturated carbocycles. The van der Waals surface area contributed by atoms with E-state index in [0.717, 1.165) is 38.5 Å². The van der Waals surface area contributed by atoms with E-state index in [4.69, 9.17) is 14.2 Å². The van der Waals surface area contributed by atoms with Gasteiger partial charge in [-0.1, -0.05) is 52.9 Å². The lowest BCUT2D eigenvalue weighted by atomic mass is 9.98. The highest BCUT2D eigenvalue weighted by atomic mass is 32.2. The smallest absolute Gasteiger partial charge is 0.137 e. The zero-order valence-corrected chi connectivity index (χ0v) is 22.2. The fraction of sp³-hybridized carbons (Fsp3) is 1.00. The van der Waals surface area contributed by atoms with Crippen molar-refractivity contribution in [2.75, 3.05) is 24.9 Å². The molecule has 11 heteroatoms. The van der Waals surface area contributed by atoms with Crippen LogP contribution >= 0.6 is 0 Å². The second kappa shape index (κ2) is 19.1. The molecule has 0 radical (unpaired) electrons. The number of ether oxygens (including phenoxy) is 3. The first-order chi connectivity index (χ1) is 14.7. The second-order valence-corrected chi connectivity index (χ2v) is 11.2. The lowest BCUT2D eigenvalue weighted by Crippen LogP contribution is -2.23. The van der Waals surface area contributed by atoms with E-state index in [1.165, 1.54) is 6.42 Å². The van der Waals surface area contributed by atoms with Crippen molar-refractivity contribution < 1.29 is 40.2 Å². The normalized spacial score (nSPS) is 16.0. The van der Waals surface area contributed by atoms with Crippen LogP contribution in [0.15, 0.2) is 0 Å². The Bertz CT molecular complexity index is 636. The van der Waals surface area contributed by atoms with Crippen molar-refractivity contribution in [2.24, 2.45) is 5.92 Å². The van der Waals surface area contributed by atoms with Gasteiger partial charge in [0.2, 0.25) is 0 Å². The molecule has 0 aliphatic carbocycles. The van der Waals surface area contributed by atoms with Gasteiger partial charge in [0.25, 0.3) is 0 Å². The summed E-state index contributed by atoms with van der Waals surface area (Å²) in [6.45, 7) is 12.3.